The Labute approximate surface area is 280 Å². The fraction of sp³-hybridized carbons (Fsp3) is 0.853. The zero-order valence-corrected chi connectivity index (χ0v) is 32.0. The van der Waals surface area contributed by atoms with Crippen LogP contribution in [0.25, 0.3) is 0 Å². The van der Waals surface area contributed by atoms with Gasteiger partial charge in [0.1, 0.15) is 8.42 Å². The number of fused-ring (bicyclic) bond motifs is 1. The molecular formula is C34H63N3O5S3. The predicted octanol–water partition coefficient (Wildman–Crippen LogP) is 8.16. The molecule has 8 nitrogen and oxygen atoms in total. The molecule has 1 aliphatic rings. The highest BCUT2D eigenvalue weighted by Gasteiger charge is 2.40. The zero-order chi connectivity index (χ0) is 33.8. The molecule has 0 spiro atoms. The molecule has 0 aromatic carbocycles. The average molecular weight is 690 g/mol. The molecule has 45 heavy (non-hydrogen) atoms. The Balaban J connectivity index is 2.24. The summed E-state index contributed by atoms with van der Waals surface area (Å²) >= 11 is 0.818. The molecule has 0 bridgehead atoms. The van der Waals surface area contributed by atoms with E-state index in [2.05, 4.69) is 58.2 Å². The number of rotatable bonds is 22. The molecule has 11 heteroatoms. The average Bonchev–Trinajstić information content (AvgIpc) is 3.50. The van der Waals surface area contributed by atoms with Gasteiger partial charge in [-0.25, -0.2) is 8.42 Å². The van der Waals surface area contributed by atoms with E-state index in [1.54, 1.807) is 13.3 Å². The maximum atomic E-state index is 13.4. The van der Waals surface area contributed by atoms with Crippen LogP contribution < -0.4 is 5.32 Å². The minimum absolute atomic E-state index is 0.0140. The Morgan fingerprint density at radius 3 is 2.16 bits per heavy atom. The number of nitrogens with one attached hydrogen (secondary N) is 1. The molecule has 2 rings (SSSR count). The van der Waals surface area contributed by atoms with Crippen LogP contribution in [0.5, 0.6) is 0 Å². The van der Waals surface area contributed by atoms with Gasteiger partial charge in [0, 0.05) is 44.6 Å². The van der Waals surface area contributed by atoms with E-state index in [0.717, 1.165) is 36.5 Å². The van der Waals surface area contributed by atoms with Crippen molar-refractivity contribution >= 4 is 37.6 Å². The Bertz CT molecular complexity index is 1250. The van der Waals surface area contributed by atoms with Crippen LogP contribution in [0, 0.1) is 35.5 Å². The van der Waals surface area contributed by atoms with Crippen LogP contribution in [0.4, 0.5) is 0 Å². The SMILES string of the molecule is CCN[C@H]1CN(CCCOC)S(=O)(=O)c2sc(S(=O)(=O)/N=C\CCC(CC)C(CC)C(CC)C(CC)C(CC)C(C)CC)cc21. The summed E-state index contributed by atoms with van der Waals surface area (Å²) in [6.07, 6.45) is 10.6. The van der Waals surface area contributed by atoms with Gasteiger partial charge >= 0.3 is 0 Å². The lowest BCUT2D eigenvalue weighted by molar-refractivity contribution is 0.0731. The normalized spacial score (nSPS) is 21.3. The van der Waals surface area contributed by atoms with E-state index in [1.165, 1.54) is 36.1 Å². The quantitative estimate of drug-likeness (QED) is 0.0973. The Morgan fingerprint density at radius 1 is 1.00 bits per heavy atom. The molecule has 6 unspecified atom stereocenters. The van der Waals surface area contributed by atoms with E-state index < -0.39 is 20.0 Å². The number of sulfonamides is 2. The monoisotopic (exact) mass is 689 g/mol. The van der Waals surface area contributed by atoms with E-state index in [1.807, 2.05) is 6.92 Å². The molecule has 0 saturated carbocycles. The number of hydrogen-bond acceptors (Lipinski definition) is 7. The molecule has 0 amide bonds. The first-order chi connectivity index (χ1) is 21.4. The van der Waals surface area contributed by atoms with Crippen LogP contribution in [-0.2, 0) is 24.8 Å². The molecular weight excluding hydrogens is 627 g/mol. The number of nitrogens with zero attached hydrogens (tertiary/aromatic N) is 2. The number of thiophene rings is 1. The predicted molar refractivity (Wildman–Crippen MR) is 189 cm³/mol. The maximum absolute atomic E-state index is 13.4. The molecule has 7 atom stereocenters. The van der Waals surface area contributed by atoms with Crippen molar-refractivity contribution in [1.82, 2.24) is 9.62 Å². The molecule has 2 heterocycles. The van der Waals surface area contributed by atoms with E-state index >= 15 is 0 Å². The van der Waals surface area contributed by atoms with Crippen molar-refractivity contribution in [3.8, 4) is 0 Å². The molecule has 1 aromatic rings. The summed E-state index contributed by atoms with van der Waals surface area (Å²) in [5.74, 6) is 3.90. The van der Waals surface area contributed by atoms with Gasteiger partial charge in [-0.2, -0.15) is 17.1 Å². The Morgan fingerprint density at radius 2 is 1.62 bits per heavy atom. The van der Waals surface area contributed by atoms with Gasteiger partial charge in [0.15, 0.2) is 0 Å². The second-order valence-electron chi connectivity index (χ2n) is 12.8. The van der Waals surface area contributed by atoms with E-state index in [0.29, 0.717) is 67.7 Å². The van der Waals surface area contributed by atoms with Gasteiger partial charge < -0.3 is 10.1 Å². The fourth-order valence-corrected chi connectivity index (χ4v) is 12.7. The summed E-state index contributed by atoms with van der Waals surface area (Å²) in [6, 6.07) is 1.24. The van der Waals surface area contributed by atoms with Crippen LogP contribution in [0.2, 0.25) is 0 Å². The first kappa shape index (κ1) is 40.3. The highest BCUT2D eigenvalue weighted by Crippen LogP contribution is 2.44. The Hall–Kier alpha value is -0.850. The smallest absolute Gasteiger partial charge is 0.291 e. The van der Waals surface area contributed by atoms with Crippen LogP contribution in [-0.4, -0.2) is 60.7 Å². The summed E-state index contributed by atoms with van der Waals surface area (Å²) in [7, 11) is -6.23. The highest BCUT2D eigenvalue weighted by molar-refractivity contribution is 7.94. The summed E-state index contributed by atoms with van der Waals surface area (Å²) in [5, 5.41) is 3.33. The van der Waals surface area contributed by atoms with Crippen LogP contribution >= 0.6 is 11.3 Å². The topological polar surface area (TPSA) is 105 Å². The van der Waals surface area contributed by atoms with Crippen molar-refractivity contribution in [2.75, 3.05) is 33.4 Å². The lowest BCUT2D eigenvalue weighted by atomic mass is 9.63. The number of hydrogen-bond donors (Lipinski definition) is 1. The van der Waals surface area contributed by atoms with Crippen molar-refractivity contribution < 1.29 is 21.6 Å². The summed E-state index contributed by atoms with van der Waals surface area (Å²) in [4.78, 5) is 0. The summed E-state index contributed by atoms with van der Waals surface area (Å²) in [6.45, 7) is 20.0. The maximum Gasteiger partial charge on any atom is 0.291 e. The third kappa shape index (κ3) is 10.1. The van der Waals surface area contributed by atoms with Gasteiger partial charge in [-0.1, -0.05) is 93.9 Å². The number of likely N-dealkylation sites (N-methyl/N-ethyl adjacent to an activating group) is 1. The van der Waals surface area contributed by atoms with Crippen molar-refractivity contribution in [2.45, 2.75) is 128 Å². The van der Waals surface area contributed by atoms with Crippen LogP contribution in [0.15, 0.2) is 18.9 Å². The zero-order valence-electron chi connectivity index (χ0n) is 29.5. The number of methoxy groups -OCH3 is 1. The van der Waals surface area contributed by atoms with Gasteiger partial charge in [0.25, 0.3) is 20.0 Å². The molecule has 0 radical (unpaired) electrons. The third-order valence-corrected chi connectivity index (χ3v) is 15.7. The van der Waals surface area contributed by atoms with Gasteiger partial charge in [-0.05, 0) is 67.4 Å². The van der Waals surface area contributed by atoms with Crippen molar-refractivity contribution in [3.05, 3.63) is 11.6 Å². The first-order valence-corrected chi connectivity index (χ1v) is 21.3. The van der Waals surface area contributed by atoms with Crippen LogP contribution in [0.1, 0.15) is 125 Å². The second kappa shape index (κ2) is 19.2. The minimum atomic E-state index is -4.02. The third-order valence-electron chi connectivity index (χ3n) is 10.4. The molecule has 1 aliphatic heterocycles. The minimum Gasteiger partial charge on any atom is -0.385 e. The summed E-state index contributed by atoms with van der Waals surface area (Å²) in [5.41, 5.74) is 0.523. The van der Waals surface area contributed by atoms with Gasteiger partial charge in [0.2, 0.25) is 0 Å². The fourth-order valence-electron chi connectivity index (χ4n) is 7.95. The molecule has 1 aromatic heterocycles. The second-order valence-corrected chi connectivity index (χ2v) is 17.9. The van der Waals surface area contributed by atoms with Gasteiger partial charge in [-0.15, -0.1) is 11.3 Å². The molecule has 0 saturated heterocycles. The van der Waals surface area contributed by atoms with E-state index in [9.17, 15) is 16.8 Å². The van der Waals surface area contributed by atoms with Crippen molar-refractivity contribution in [3.63, 3.8) is 0 Å². The van der Waals surface area contributed by atoms with Gasteiger partial charge in [-0.3, -0.25) is 0 Å². The number of ether oxygens (including phenoxy) is 1. The standard InChI is InChI=1S/C34H63N3O5S3/c1-10-25(8)27(12-3)29(14-5)30(15-6)28(13-4)26(11-2)19-17-20-36-44(38,39)33-23-31-32(35-16-7)24-37(21-18-22-42-9)45(40,41)34(31)43-33/h20,23,25-30,32,35H,10-19,21-22,24H2,1-9H3/b36-20-/t25?,26?,27?,28?,29?,30?,32-/m0/s1. The van der Waals surface area contributed by atoms with Crippen LogP contribution in [0.3, 0.4) is 0 Å². The van der Waals surface area contributed by atoms with E-state index in [4.69, 9.17) is 4.74 Å². The molecule has 262 valence electrons. The lowest BCUT2D eigenvalue weighted by Crippen LogP contribution is -2.43. The largest absolute Gasteiger partial charge is 0.385 e. The van der Waals surface area contributed by atoms with Crippen molar-refractivity contribution in [2.24, 2.45) is 39.9 Å². The van der Waals surface area contributed by atoms with Gasteiger partial charge in [0.05, 0.1) is 0 Å². The summed E-state index contributed by atoms with van der Waals surface area (Å²) < 4.78 is 64.3. The molecule has 0 fully saturated rings. The first-order valence-electron chi connectivity index (χ1n) is 17.6. The van der Waals surface area contributed by atoms with Crippen molar-refractivity contribution in [1.29, 1.82) is 0 Å². The highest BCUT2D eigenvalue weighted by atomic mass is 32.3. The Kier molecular flexibility index (Phi) is 17.2. The molecule has 1 N–H and O–H groups in total. The van der Waals surface area contributed by atoms with E-state index in [-0.39, 0.29) is 21.0 Å². The molecule has 0 aliphatic carbocycles. The lowest BCUT2D eigenvalue weighted by Gasteiger charge is -2.42.